The first-order chi connectivity index (χ1) is 11.5. The van der Waals surface area contributed by atoms with Crippen molar-refractivity contribution in [2.75, 3.05) is 16.8 Å². The molecule has 1 unspecified atom stereocenters. The van der Waals surface area contributed by atoms with Crippen LogP contribution in [0.2, 0.25) is 0 Å². The number of aryl methyl sites for hydroxylation is 1. The molecule has 0 radical (unpaired) electrons. The zero-order chi connectivity index (χ0) is 17.3. The molecule has 1 saturated heterocycles. The van der Waals surface area contributed by atoms with Crippen LogP contribution in [-0.4, -0.2) is 18.4 Å². The van der Waals surface area contributed by atoms with E-state index in [9.17, 15) is 9.59 Å². The Kier molecular flexibility index (Phi) is 4.71. The van der Waals surface area contributed by atoms with E-state index >= 15 is 0 Å². The van der Waals surface area contributed by atoms with Crippen molar-refractivity contribution in [3.63, 3.8) is 0 Å². The molecule has 24 heavy (non-hydrogen) atoms. The van der Waals surface area contributed by atoms with Gasteiger partial charge in [0.1, 0.15) is 0 Å². The highest BCUT2D eigenvalue weighted by Gasteiger charge is 2.35. The van der Waals surface area contributed by atoms with E-state index in [-0.39, 0.29) is 24.2 Å². The molecule has 2 aromatic carbocycles. The second kappa shape index (κ2) is 6.77. The lowest BCUT2D eigenvalue weighted by molar-refractivity contribution is -0.122. The Balaban J connectivity index is 1.72. The highest BCUT2D eigenvalue weighted by molar-refractivity contribution is 9.10. The molecule has 2 amide bonds. The first-order valence-electron chi connectivity index (χ1n) is 7.88. The first kappa shape index (κ1) is 16.7. The Morgan fingerprint density at radius 2 is 1.88 bits per heavy atom. The van der Waals surface area contributed by atoms with Gasteiger partial charge in [0, 0.05) is 28.8 Å². The van der Waals surface area contributed by atoms with Crippen LogP contribution in [0.3, 0.4) is 0 Å². The molecule has 1 aliphatic rings. The van der Waals surface area contributed by atoms with Gasteiger partial charge in [-0.25, -0.2) is 0 Å². The molecule has 0 aliphatic carbocycles. The number of nitrogens with zero attached hydrogens (tertiary/aromatic N) is 1. The van der Waals surface area contributed by atoms with E-state index in [1.807, 2.05) is 56.3 Å². The fraction of sp³-hybridized carbons (Fsp3) is 0.263. The zero-order valence-electron chi connectivity index (χ0n) is 13.7. The molecule has 2 aromatic rings. The monoisotopic (exact) mass is 386 g/mol. The van der Waals surface area contributed by atoms with Gasteiger partial charge < -0.3 is 10.2 Å². The molecule has 5 heteroatoms. The van der Waals surface area contributed by atoms with Crippen LogP contribution in [0, 0.1) is 19.8 Å². The summed E-state index contributed by atoms with van der Waals surface area (Å²) in [4.78, 5) is 26.5. The molecule has 4 nitrogen and oxygen atoms in total. The van der Waals surface area contributed by atoms with Crippen molar-refractivity contribution < 1.29 is 9.59 Å². The van der Waals surface area contributed by atoms with Gasteiger partial charge in [-0.1, -0.05) is 28.1 Å². The summed E-state index contributed by atoms with van der Waals surface area (Å²) >= 11 is 3.39. The molecule has 1 N–H and O–H groups in total. The summed E-state index contributed by atoms with van der Waals surface area (Å²) < 4.78 is 0.960. The van der Waals surface area contributed by atoms with Gasteiger partial charge in [0.05, 0.1) is 5.92 Å². The Hall–Kier alpha value is -2.14. The molecule has 0 spiro atoms. The summed E-state index contributed by atoms with van der Waals surface area (Å²) in [6, 6.07) is 13.4. The van der Waals surface area contributed by atoms with Crippen LogP contribution in [0.15, 0.2) is 46.9 Å². The Bertz CT molecular complexity index is 786. The number of carbonyl (C=O) groups is 2. The molecule has 0 aromatic heterocycles. The SMILES string of the molecule is Cc1cccc(NC(=O)C2CC(=O)N(c3ccc(Br)cc3)C2)c1C. The summed E-state index contributed by atoms with van der Waals surface area (Å²) in [5.41, 5.74) is 3.83. The predicted octanol–water partition coefficient (Wildman–Crippen LogP) is 4.06. The standard InChI is InChI=1S/C19H19BrN2O2/c1-12-4-3-5-17(13(12)2)21-19(24)14-10-18(23)22(11-14)16-8-6-15(20)7-9-16/h3-9,14H,10-11H2,1-2H3,(H,21,24). The Labute approximate surface area is 150 Å². The van der Waals surface area contributed by atoms with Gasteiger partial charge in [0.15, 0.2) is 0 Å². The van der Waals surface area contributed by atoms with Crippen molar-refractivity contribution in [1.82, 2.24) is 0 Å². The largest absolute Gasteiger partial charge is 0.326 e. The fourth-order valence-corrected chi connectivity index (χ4v) is 3.14. The van der Waals surface area contributed by atoms with Crippen LogP contribution in [-0.2, 0) is 9.59 Å². The normalized spacial score (nSPS) is 17.2. The minimum atomic E-state index is -0.332. The average molecular weight is 387 g/mol. The van der Waals surface area contributed by atoms with Crippen LogP contribution in [0.4, 0.5) is 11.4 Å². The van der Waals surface area contributed by atoms with Crippen molar-refractivity contribution in [2.24, 2.45) is 5.92 Å². The summed E-state index contributed by atoms with van der Waals surface area (Å²) in [6.45, 7) is 4.41. The van der Waals surface area contributed by atoms with E-state index in [0.717, 1.165) is 27.0 Å². The number of benzene rings is 2. The minimum Gasteiger partial charge on any atom is -0.326 e. The third kappa shape index (κ3) is 3.36. The van der Waals surface area contributed by atoms with Gasteiger partial charge in [0.25, 0.3) is 0 Å². The number of hydrogen-bond donors (Lipinski definition) is 1. The number of rotatable bonds is 3. The lowest BCUT2D eigenvalue weighted by atomic mass is 10.1. The molecule has 1 aliphatic heterocycles. The summed E-state index contributed by atoms with van der Waals surface area (Å²) in [5.74, 6) is -0.448. The smallest absolute Gasteiger partial charge is 0.229 e. The highest BCUT2D eigenvalue weighted by atomic mass is 79.9. The number of amides is 2. The number of carbonyl (C=O) groups excluding carboxylic acids is 2. The van der Waals surface area contributed by atoms with Crippen molar-refractivity contribution in [2.45, 2.75) is 20.3 Å². The van der Waals surface area contributed by atoms with Gasteiger partial charge in [-0.3, -0.25) is 9.59 Å². The van der Waals surface area contributed by atoms with Crippen molar-refractivity contribution >= 4 is 39.1 Å². The van der Waals surface area contributed by atoms with Gasteiger partial charge in [-0.2, -0.15) is 0 Å². The van der Waals surface area contributed by atoms with Gasteiger partial charge in [0.2, 0.25) is 11.8 Å². The van der Waals surface area contributed by atoms with Crippen molar-refractivity contribution in [1.29, 1.82) is 0 Å². The molecule has 124 valence electrons. The molecule has 1 fully saturated rings. The number of anilines is 2. The van der Waals surface area contributed by atoms with E-state index in [1.54, 1.807) is 4.90 Å². The van der Waals surface area contributed by atoms with Crippen molar-refractivity contribution in [3.05, 3.63) is 58.1 Å². The number of hydrogen-bond acceptors (Lipinski definition) is 2. The molecule has 1 atom stereocenters. The van der Waals surface area contributed by atoms with E-state index < -0.39 is 0 Å². The molecule has 0 saturated carbocycles. The van der Waals surface area contributed by atoms with E-state index in [4.69, 9.17) is 0 Å². The van der Waals surface area contributed by atoms with Gasteiger partial charge in [-0.05, 0) is 55.3 Å². The maximum absolute atomic E-state index is 12.6. The summed E-state index contributed by atoms with van der Waals surface area (Å²) in [6.07, 6.45) is 0.243. The second-order valence-electron chi connectivity index (χ2n) is 6.12. The lowest BCUT2D eigenvalue weighted by Crippen LogP contribution is -2.28. The average Bonchev–Trinajstić information content (AvgIpc) is 2.94. The molecule has 1 heterocycles. The third-order valence-corrected chi connectivity index (χ3v) is 5.03. The molecule has 3 rings (SSSR count). The maximum Gasteiger partial charge on any atom is 0.229 e. The number of nitrogens with one attached hydrogen (secondary N) is 1. The van der Waals surface area contributed by atoms with Gasteiger partial charge >= 0.3 is 0 Å². The van der Waals surface area contributed by atoms with Crippen molar-refractivity contribution in [3.8, 4) is 0 Å². The molecular weight excluding hydrogens is 368 g/mol. The molecular formula is C19H19BrN2O2. The summed E-state index contributed by atoms with van der Waals surface area (Å²) in [7, 11) is 0. The fourth-order valence-electron chi connectivity index (χ4n) is 2.88. The Morgan fingerprint density at radius 1 is 1.17 bits per heavy atom. The van der Waals surface area contributed by atoms with Gasteiger partial charge in [-0.15, -0.1) is 0 Å². The van der Waals surface area contributed by atoms with E-state index in [1.165, 1.54) is 0 Å². The Morgan fingerprint density at radius 3 is 2.58 bits per heavy atom. The van der Waals surface area contributed by atoms with E-state index in [0.29, 0.717) is 6.54 Å². The minimum absolute atomic E-state index is 0.0153. The van der Waals surface area contributed by atoms with Crippen LogP contribution < -0.4 is 10.2 Å². The predicted molar refractivity (Wildman–Crippen MR) is 99.1 cm³/mol. The first-order valence-corrected chi connectivity index (χ1v) is 8.68. The molecule has 0 bridgehead atoms. The van der Waals surface area contributed by atoms with Crippen LogP contribution in [0.1, 0.15) is 17.5 Å². The second-order valence-corrected chi connectivity index (χ2v) is 7.03. The maximum atomic E-state index is 12.6. The zero-order valence-corrected chi connectivity index (χ0v) is 15.3. The lowest BCUT2D eigenvalue weighted by Gasteiger charge is -2.17. The summed E-state index contributed by atoms with van der Waals surface area (Å²) in [5, 5.41) is 2.97. The van der Waals surface area contributed by atoms with Crippen LogP contribution in [0.25, 0.3) is 0 Å². The quantitative estimate of drug-likeness (QED) is 0.864. The topological polar surface area (TPSA) is 49.4 Å². The van der Waals surface area contributed by atoms with E-state index in [2.05, 4.69) is 21.2 Å². The van der Waals surface area contributed by atoms with Crippen LogP contribution >= 0.6 is 15.9 Å². The number of halogens is 1. The van der Waals surface area contributed by atoms with Crippen LogP contribution in [0.5, 0.6) is 0 Å². The third-order valence-electron chi connectivity index (χ3n) is 4.50. The highest BCUT2D eigenvalue weighted by Crippen LogP contribution is 2.28.